The molecule has 0 bridgehead atoms. The lowest BCUT2D eigenvalue weighted by Crippen LogP contribution is -2.46. The first-order valence-electron chi connectivity index (χ1n) is 12.7. The van der Waals surface area contributed by atoms with E-state index in [1.165, 1.54) is 5.56 Å². The molecule has 0 saturated carbocycles. The van der Waals surface area contributed by atoms with Crippen LogP contribution in [0.15, 0.2) is 35.4 Å². The Morgan fingerprint density at radius 1 is 0.939 bits per heavy atom. The Bertz CT molecular complexity index is 1010. The van der Waals surface area contributed by atoms with Gasteiger partial charge in [0.05, 0.1) is 12.2 Å². The van der Waals surface area contributed by atoms with E-state index in [1.54, 1.807) is 6.07 Å². The van der Waals surface area contributed by atoms with E-state index in [0.29, 0.717) is 19.0 Å². The van der Waals surface area contributed by atoms with Gasteiger partial charge in [-0.15, -0.1) is 0 Å². The summed E-state index contributed by atoms with van der Waals surface area (Å²) in [6, 6.07) is 5.96. The highest BCUT2D eigenvalue weighted by atomic mass is 16.2. The van der Waals surface area contributed by atoms with Crippen molar-refractivity contribution in [1.82, 2.24) is 24.3 Å². The molecule has 3 aliphatic rings. The monoisotopic (exact) mass is 449 g/mol. The number of aromatic nitrogens is 3. The topological polar surface area (TPSA) is 71.3 Å². The fourth-order valence-electron chi connectivity index (χ4n) is 5.74. The zero-order valence-corrected chi connectivity index (χ0v) is 19.5. The Balaban J connectivity index is 1.18. The number of nitrogens with zero attached hydrogens (tertiary/aromatic N) is 5. The number of hydrogen-bond donors (Lipinski definition) is 0. The third-order valence-electron chi connectivity index (χ3n) is 7.71. The summed E-state index contributed by atoms with van der Waals surface area (Å²) in [4.78, 5) is 39.2. The maximum absolute atomic E-state index is 13.1. The van der Waals surface area contributed by atoms with Crippen molar-refractivity contribution in [2.24, 2.45) is 0 Å². The van der Waals surface area contributed by atoms with Crippen molar-refractivity contribution in [2.45, 2.75) is 69.7 Å². The Kier molecular flexibility index (Phi) is 6.85. The Morgan fingerprint density at radius 3 is 2.58 bits per heavy atom. The molecule has 0 spiro atoms. The van der Waals surface area contributed by atoms with E-state index in [-0.39, 0.29) is 17.4 Å². The highest BCUT2D eigenvalue weighted by Gasteiger charge is 2.29. The molecule has 0 unspecified atom stereocenters. The average molecular weight is 450 g/mol. The minimum atomic E-state index is 0.0809. The van der Waals surface area contributed by atoms with E-state index in [9.17, 15) is 9.59 Å². The Labute approximate surface area is 195 Å². The summed E-state index contributed by atoms with van der Waals surface area (Å²) in [7, 11) is 0. The molecule has 7 heteroatoms. The van der Waals surface area contributed by atoms with Gasteiger partial charge < -0.3 is 4.90 Å². The first kappa shape index (κ1) is 22.3. The van der Waals surface area contributed by atoms with Crippen LogP contribution < -0.4 is 5.56 Å². The van der Waals surface area contributed by atoms with Crippen molar-refractivity contribution in [3.05, 3.63) is 58.0 Å². The normalized spacial score (nSPS) is 22.5. The standard InChI is InChI=1S/C26H35N5O2/c32-25-17-23(28-24-6-2-1-3-14-31(24)25)22-5-4-13-30(18-22)26(33)19-29-15-9-21(10-16-29)20-7-11-27-12-8-20/h7-8,11-12,17,21-22H,1-6,9-10,13-16,18-19H2/t22-/m0/s1. The van der Waals surface area contributed by atoms with Crippen molar-refractivity contribution in [2.75, 3.05) is 32.7 Å². The van der Waals surface area contributed by atoms with Crippen LogP contribution in [0.2, 0.25) is 0 Å². The number of pyridine rings is 1. The van der Waals surface area contributed by atoms with Crippen LogP contribution in [0.1, 0.15) is 73.9 Å². The van der Waals surface area contributed by atoms with Gasteiger partial charge in [0.15, 0.2) is 0 Å². The largest absolute Gasteiger partial charge is 0.341 e. The predicted octanol–water partition coefficient (Wildman–Crippen LogP) is 2.95. The number of rotatable bonds is 4. The number of fused-ring (bicyclic) bond motifs is 1. The molecule has 5 heterocycles. The first-order chi connectivity index (χ1) is 16.2. The third-order valence-corrected chi connectivity index (χ3v) is 7.71. The number of carbonyl (C=O) groups is 1. The molecule has 0 N–H and O–H groups in total. The van der Waals surface area contributed by atoms with E-state index in [0.717, 1.165) is 89.1 Å². The third kappa shape index (κ3) is 5.18. The van der Waals surface area contributed by atoms with Gasteiger partial charge in [0, 0.05) is 50.4 Å². The van der Waals surface area contributed by atoms with Crippen molar-refractivity contribution in [3.8, 4) is 0 Å². The van der Waals surface area contributed by atoms with Gasteiger partial charge in [-0.05, 0) is 75.2 Å². The molecule has 2 saturated heterocycles. The van der Waals surface area contributed by atoms with Crippen LogP contribution in [-0.4, -0.2) is 63.0 Å². The van der Waals surface area contributed by atoms with Crippen LogP contribution >= 0.6 is 0 Å². The Hall–Kier alpha value is -2.54. The molecule has 0 aliphatic carbocycles. The van der Waals surface area contributed by atoms with Gasteiger partial charge in [0.2, 0.25) is 5.91 Å². The summed E-state index contributed by atoms with van der Waals surface area (Å²) < 4.78 is 1.86. The molecule has 0 aromatic carbocycles. The van der Waals surface area contributed by atoms with Crippen LogP contribution in [0, 0.1) is 0 Å². The molecule has 2 aromatic rings. The van der Waals surface area contributed by atoms with Crippen molar-refractivity contribution in [1.29, 1.82) is 0 Å². The van der Waals surface area contributed by atoms with E-state index >= 15 is 0 Å². The van der Waals surface area contributed by atoms with Crippen LogP contribution in [0.5, 0.6) is 0 Å². The fraction of sp³-hybridized carbons (Fsp3) is 0.615. The summed E-state index contributed by atoms with van der Waals surface area (Å²) in [6.45, 7) is 4.69. The summed E-state index contributed by atoms with van der Waals surface area (Å²) in [5.74, 6) is 1.89. The SMILES string of the molecule is O=C(CN1CCC(c2ccncc2)CC1)N1CCC[C@H](c2cc(=O)n3c(n2)CCCCC3)C1. The van der Waals surface area contributed by atoms with Gasteiger partial charge in [-0.1, -0.05) is 6.42 Å². The van der Waals surface area contributed by atoms with E-state index in [2.05, 4.69) is 22.0 Å². The zero-order valence-electron chi connectivity index (χ0n) is 19.5. The maximum atomic E-state index is 13.1. The molecule has 3 aliphatic heterocycles. The molecule has 2 fully saturated rings. The molecular formula is C26H35N5O2. The van der Waals surface area contributed by atoms with Gasteiger partial charge in [0.25, 0.3) is 5.56 Å². The predicted molar refractivity (Wildman–Crippen MR) is 127 cm³/mol. The summed E-state index contributed by atoms with van der Waals surface area (Å²) in [5, 5.41) is 0. The van der Waals surface area contributed by atoms with Crippen molar-refractivity contribution in [3.63, 3.8) is 0 Å². The van der Waals surface area contributed by atoms with Gasteiger partial charge >= 0.3 is 0 Å². The molecule has 33 heavy (non-hydrogen) atoms. The molecule has 176 valence electrons. The fourth-order valence-corrected chi connectivity index (χ4v) is 5.74. The second kappa shape index (κ2) is 10.2. The van der Waals surface area contributed by atoms with Crippen LogP contribution in [0.25, 0.3) is 0 Å². The first-order valence-corrected chi connectivity index (χ1v) is 12.7. The molecule has 2 aromatic heterocycles. The molecular weight excluding hydrogens is 414 g/mol. The number of aryl methyl sites for hydroxylation is 1. The quantitative estimate of drug-likeness (QED) is 0.718. The number of hydrogen-bond acceptors (Lipinski definition) is 5. The molecule has 7 nitrogen and oxygen atoms in total. The minimum absolute atomic E-state index is 0.0809. The van der Waals surface area contributed by atoms with E-state index in [4.69, 9.17) is 4.98 Å². The maximum Gasteiger partial charge on any atom is 0.253 e. The second-order valence-corrected chi connectivity index (χ2v) is 9.91. The van der Waals surface area contributed by atoms with E-state index < -0.39 is 0 Å². The lowest BCUT2D eigenvalue weighted by atomic mass is 9.90. The number of piperidine rings is 2. The van der Waals surface area contributed by atoms with Crippen molar-refractivity contribution >= 4 is 5.91 Å². The Morgan fingerprint density at radius 2 is 1.76 bits per heavy atom. The van der Waals surface area contributed by atoms with Crippen LogP contribution in [-0.2, 0) is 17.8 Å². The molecule has 1 amide bonds. The highest BCUT2D eigenvalue weighted by Crippen LogP contribution is 2.29. The second-order valence-electron chi connectivity index (χ2n) is 9.91. The summed E-state index contributed by atoms with van der Waals surface area (Å²) in [5.41, 5.74) is 2.33. The minimum Gasteiger partial charge on any atom is -0.341 e. The molecule has 5 rings (SSSR count). The zero-order chi connectivity index (χ0) is 22.6. The van der Waals surface area contributed by atoms with Crippen molar-refractivity contribution < 1.29 is 4.79 Å². The van der Waals surface area contributed by atoms with Gasteiger partial charge in [-0.3, -0.25) is 24.0 Å². The van der Waals surface area contributed by atoms with Crippen LogP contribution in [0.4, 0.5) is 0 Å². The number of amides is 1. The van der Waals surface area contributed by atoms with Gasteiger partial charge in [0.1, 0.15) is 5.82 Å². The number of likely N-dealkylation sites (tertiary alicyclic amines) is 2. The highest BCUT2D eigenvalue weighted by molar-refractivity contribution is 5.78. The summed E-state index contributed by atoms with van der Waals surface area (Å²) >= 11 is 0. The van der Waals surface area contributed by atoms with Crippen LogP contribution in [0.3, 0.4) is 0 Å². The number of carbonyl (C=O) groups excluding carboxylic acids is 1. The molecule has 1 atom stereocenters. The van der Waals surface area contributed by atoms with Gasteiger partial charge in [-0.2, -0.15) is 0 Å². The molecule has 0 radical (unpaired) electrons. The van der Waals surface area contributed by atoms with Gasteiger partial charge in [-0.25, -0.2) is 4.98 Å². The lowest BCUT2D eigenvalue weighted by Gasteiger charge is -2.36. The lowest BCUT2D eigenvalue weighted by molar-refractivity contribution is -0.133. The summed E-state index contributed by atoms with van der Waals surface area (Å²) in [6.07, 6.45) is 12.1. The average Bonchev–Trinajstić information content (AvgIpc) is 3.11. The smallest absolute Gasteiger partial charge is 0.253 e. The van der Waals surface area contributed by atoms with E-state index in [1.807, 2.05) is 21.9 Å².